The molecule has 0 bridgehead atoms. The van der Waals surface area contributed by atoms with Crippen molar-refractivity contribution in [3.63, 3.8) is 0 Å². The van der Waals surface area contributed by atoms with Gasteiger partial charge in [-0.25, -0.2) is 0 Å². The van der Waals surface area contributed by atoms with Crippen molar-refractivity contribution in [2.45, 2.75) is 0 Å². The fraction of sp³-hybridized carbons (Fsp3) is 0. The molecule has 2 heterocycles. The number of hydrogen-bond acceptors (Lipinski definition) is 0. The summed E-state index contributed by atoms with van der Waals surface area (Å²) in [5, 5.41) is 22.9. The van der Waals surface area contributed by atoms with Gasteiger partial charge in [0, 0.05) is 32.9 Å². The molecule has 0 aliphatic rings. The molecule has 0 N–H and O–H groups in total. The van der Waals surface area contributed by atoms with Crippen LogP contribution in [-0.2, 0) is 0 Å². The molecule has 0 aliphatic heterocycles. The highest BCUT2D eigenvalue weighted by Crippen LogP contribution is 2.46. The van der Waals surface area contributed by atoms with E-state index in [1.165, 1.54) is 147 Å². The first kappa shape index (κ1) is 39.4. The number of nitrogens with zero attached hydrogens (tertiary/aromatic N) is 2. The van der Waals surface area contributed by atoms with Gasteiger partial charge in [-0.3, -0.25) is 0 Å². The lowest BCUT2D eigenvalue weighted by atomic mass is 9.85. The van der Waals surface area contributed by atoms with Gasteiger partial charge in [-0.2, -0.15) is 0 Å². The van der Waals surface area contributed by atoms with Crippen LogP contribution in [0.1, 0.15) is 0 Å². The van der Waals surface area contributed by atoms with Crippen molar-refractivity contribution in [2.75, 3.05) is 0 Å². The molecule has 0 saturated heterocycles. The summed E-state index contributed by atoms with van der Waals surface area (Å²) in [5.74, 6) is 0. The molecule has 0 fully saturated rings. The fourth-order valence-corrected chi connectivity index (χ4v) is 12.6. The predicted molar refractivity (Wildman–Crippen MR) is 309 cm³/mol. The van der Waals surface area contributed by atoms with Crippen molar-refractivity contribution in [3.05, 3.63) is 255 Å². The van der Waals surface area contributed by atoms with E-state index in [-0.39, 0.29) is 0 Å². The van der Waals surface area contributed by atoms with Crippen molar-refractivity contribution in [3.8, 4) is 33.6 Å². The average molecular weight is 911 g/mol. The zero-order valence-corrected chi connectivity index (χ0v) is 39.1. The minimum absolute atomic E-state index is 1.15. The molecular weight excluding hydrogens is 869 g/mol. The summed E-state index contributed by atoms with van der Waals surface area (Å²) in [7, 11) is 0. The van der Waals surface area contributed by atoms with Gasteiger partial charge < -0.3 is 9.13 Å². The maximum Gasteiger partial charge on any atom is 0.0541 e. The molecule has 332 valence electrons. The first-order chi connectivity index (χ1) is 35.7. The largest absolute Gasteiger partial charge is 0.309 e. The third-order valence-electron chi connectivity index (χ3n) is 15.8. The Balaban J connectivity index is 0.828. The second-order valence-electron chi connectivity index (χ2n) is 19.6. The van der Waals surface area contributed by atoms with Gasteiger partial charge in [0.1, 0.15) is 0 Å². The van der Waals surface area contributed by atoms with Gasteiger partial charge in [0.25, 0.3) is 0 Å². The molecule has 0 aliphatic carbocycles. The molecule has 0 radical (unpaired) electrons. The van der Waals surface area contributed by atoms with Crippen molar-refractivity contribution in [2.24, 2.45) is 0 Å². The lowest BCUT2D eigenvalue weighted by Crippen LogP contribution is -1.94. The molecule has 2 heteroatoms. The van der Waals surface area contributed by atoms with Crippen LogP contribution in [0.15, 0.2) is 255 Å². The summed E-state index contributed by atoms with van der Waals surface area (Å²) in [6.07, 6.45) is 0. The van der Waals surface area contributed by atoms with Crippen LogP contribution in [0.3, 0.4) is 0 Å². The first-order valence-electron chi connectivity index (χ1n) is 25.0. The van der Waals surface area contributed by atoms with Gasteiger partial charge in [-0.05, 0) is 170 Å². The molecule has 72 heavy (non-hydrogen) atoms. The molecule has 16 aromatic rings. The zero-order valence-electron chi connectivity index (χ0n) is 39.1. The van der Waals surface area contributed by atoms with E-state index in [2.05, 4.69) is 264 Å². The highest BCUT2D eigenvalue weighted by Gasteiger charge is 2.20. The van der Waals surface area contributed by atoms with Crippen molar-refractivity contribution >= 4 is 119 Å². The van der Waals surface area contributed by atoms with Gasteiger partial charge in [-0.15, -0.1) is 0 Å². The third kappa shape index (κ3) is 5.60. The number of fused-ring (bicyclic) bond motifs is 19. The van der Waals surface area contributed by atoms with Crippen LogP contribution in [-0.4, -0.2) is 9.13 Å². The van der Waals surface area contributed by atoms with Gasteiger partial charge in [0.05, 0.1) is 22.1 Å². The fourth-order valence-electron chi connectivity index (χ4n) is 12.6. The number of benzene rings is 14. The molecule has 0 spiro atoms. The van der Waals surface area contributed by atoms with Gasteiger partial charge in [-0.1, -0.05) is 182 Å². The Morgan fingerprint density at radius 2 is 0.653 bits per heavy atom. The minimum atomic E-state index is 1.15. The lowest BCUT2D eigenvalue weighted by Gasteiger charge is -2.18. The highest BCUT2D eigenvalue weighted by molar-refractivity contribution is 6.37. The molecule has 2 nitrogen and oxygen atoms in total. The van der Waals surface area contributed by atoms with E-state index < -0.39 is 0 Å². The van der Waals surface area contributed by atoms with E-state index in [9.17, 15) is 0 Å². The molecule has 16 rings (SSSR count). The zero-order chi connectivity index (χ0) is 47.0. The monoisotopic (exact) mass is 910 g/mol. The summed E-state index contributed by atoms with van der Waals surface area (Å²) in [5.41, 5.74) is 12.1. The van der Waals surface area contributed by atoms with E-state index in [1.54, 1.807) is 0 Å². The van der Waals surface area contributed by atoms with Crippen LogP contribution in [0.25, 0.3) is 153 Å². The summed E-state index contributed by atoms with van der Waals surface area (Å²) < 4.78 is 4.83. The van der Waals surface area contributed by atoms with Gasteiger partial charge >= 0.3 is 0 Å². The van der Waals surface area contributed by atoms with Crippen LogP contribution in [0.4, 0.5) is 0 Å². The Labute approximate surface area is 414 Å². The molecule has 14 aromatic carbocycles. The van der Waals surface area contributed by atoms with Crippen molar-refractivity contribution in [1.82, 2.24) is 9.13 Å². The summed E-state index contributed by atoms with van der Waals surface area (Å²) in [6, 6.07) is 94.9. The Hall–Kier alpha value is -9.50. The van der Waals surface area contributed by atoms with Crippen LogP contribution in [0.5, 0.6) is 0 Å². The van der Waals surface area contributed by atoms with Crippen LogP contribution < -0.4 is 0 Å². The molecule has 0 unspecified atom stereocenters. The normalized spacial score (nSPS) is 12.2. The summed E-state index contributed by atoms with van der Waals surface area (Å²) >= 11 is 0. The standard InChI is InChI=1S/C70H42N2/c1-2-15-49(16-3-1)71-65-24-12-10-21-57(65)62-40-44(30-36-67(62)71)45-31-37-68-63(41-45)58-22-11-13-25-66(58)72(68)50-32-35-52-48(39-50)27-26-46-38-47(29-33-51(46)52)61-42-64-56-20-7-6-18-54(56)55-19-8-9-23-59(55)70(64)69-53-17-5-4-14-43(53)28-34-60(61)69/h1-42H. The summed E-state index contributed by atoms with van der Waals surface area (Å²) in [4.78, 5) is 0. The second-order valence-corrected chi connectivity index (χ2v) is 19.6. The quantitative estimate of drug-likeness (QED) is 0.156. The van der Waals surface area contributed by atoms with Gasteiger partial charge in [0.15, 0.2) is 0 Å². The Morgan fingerprint density at radius 1 is 0.194 bits per heavy atom. The maximum atomic E-state index is 2.47. The SMILES string of the molecule is c1ccc(-n2c3ccccc3c3cc(-c4ccc5c(c4)c4ccccc4n5-c4ccc5c(ccc6cc(-c7cc8c9ccccc9c9ccccc9c8c8c7ccc7ccccc78)ccc65)c4)ccc32)cc1. The van der Waals surface area contributed by atoms with Crippen molar-refractivity contribution < 1.29 is 0 Å². The topological polar surface area (TPSA) is 9.86 Å². The Kier molecular flexibility index (Phi) is 8.20. The molecular formula is C70H42N2. The molecule has 0 atom stereocenters. The number of para-hydroxylation sites is 3. The Bertz CT molecular complexity index is 4970. The second kappa shape index (κ2) is 15.0. The third-order valence-corrected chi connectivity index (χ3v) is 15.8. The van der Waals surface area contributed by atoms with Crippen LogP contribution >= 0.6 is 0 Å². The number of aromatic nitrogens is 2. The number of rotatable bonds is 4. The predicted octanol–water partition coefficient (Wildman–Crippen LogP) is 19.3. The molecule has 2 aromatic heterocycles. The van der Waals surface area contributed by atoms with E-state index >= 15 is 0 Å². The first-order valence-corrected chi connectivity index (χ1v) is 25.0. The summed E-state index contributed by atoms with van der Waals surface area (Å²) in [6.45, 7) is 0. The number of hydrogen-bond donors (Lipinski definition) is 0. The van der Waals surface area contributed by atoms with Crippen LogP contribution in [0.2, 0.25) is 0 Å². The van der Waals surface area contributed by atoms with Crippen LogP contribution in [0, 0.1) is 0 Å². The Morgan fingerprint density at radius 3 is 1.33 bits per heavy atom. The molecule has 0 saturated carbocycles. The van der Waals surface area contributed by atoms with E-state index in [0.29, 0.717) is 0 Å². The maximum absolute atomic E-state index is 2.47. The van der Waals surface area contributed by atoms with Gasteiger partial charge in [0.2, 0.25) is 0 Å². The molecule has 0 amide bonds. The van der Waals surface area contributed by atoms with Crippen molar-refractivity contribution in [1.29, 1.82) is 0 Å². The smallest absolute Gasteiger partial charge is 0.0541 e. The minimum Gasteiger partial charge on any atom is -0.309 e. The highest BCUT2D eigenvalue weighted by atomic mass is 15.0. The van der Waals surface area contributed by atoms with E-state index in [0.717, 1.165) is 5.69 Å². The average Bonchev–Trinajstić information content (AvgIpc) is 3.97. The van der Waals surface area contributed by atoms with E-state index in [4.69, 9.17) is 0 Å². The van der Waals surface area contributed by atoms with E-state index in [1.807, 2.05) is 0 Å². The lowest BCUT2D eigenvalue weighted by molar-refractivity contribution is 1.18.